The molecule has 4 rings (SSSR count). The standard InChI is InChI=1S/C30H29ClN6O6S/c1-44(42)34-15-14-32-12-4-13-33-28(39)27(20-21-7-8-26(38)24(31)19-21)43-30(41)36-16-10-23(11-17-36)37-18-9-22-5-2-3-6-25(22)35-29(37)40/h2-3,5-8,12,19,23,27,38H,9-11,16-18,20H2,1H3,(H,35,40)/t27-,44?/m1/s1. The molecule has 0 saturated carbocycles. The van der Waals surface area contributed by atoms with Gasteiger partial charge in [0.1, 0.15) is 29.2 Å². The highest BCUT2D eigenvalue weighted by atomic mass is 35.5. The average Bonchev–Trinajstić information content (AvgIpc) is 3.17. The number of halogens is 1. The Kier molecular flexibility index (Phi) is 11.6. The number of urea groups is 1. The fourth-order valence-electron chi connectivity index (χ4n) is 4.73. The molecule has 1 saturated heterocycles. The van der Waals surface area contributed by atoms with E-state index in [9.17, 15) is 24.0 Å². The van der Waals surface area contributed by atoms with Gasteiger partial charge >= 0.3 is 12.1 Å². The van der Waals surface area contributed by atoms with Crippen molar-refractivity contribution in [2.45, 2.75) is 37.8 Å². The number of ether oxygens (including phenoxy) is 1. The zero-order valence-corrected chi connectivity index (χ0v) is 25.3. The SMILES string of the molecule is C[S+]([O-])N=C=C=NC=C=C=NC(=O)[C@@H](Cc1ccc(O)c(Cl)c1)OC(=O)N1CCC(N2CCc3ccccc3NC2=O)CC1. The van der Waals surface area contributed by atoms with Gasteiger partial charge in [0, 0.05) is 43.7 Å². The number of hydrogen-bond donors (Lipinski definition) is 2. The number of carbonyl (C=O) groups is 3. The lowest BCUT2D eigenvalue weighted by Gasteiger charge is -2.37. The third-order valence-corrected chi connectivity index (χ3v) is 7.56. The van der Waals surface area contributed by atoms with E-state index in [1.165, 1.54) is 23.3 Å². The van der Waals surface area contributed by atoms with E-state index in [2.05, 4.69) is 43.0 Å². The first kappa shape index (κ1) is 32.4. The molecule has 0 aliphatic carbocycles. The number of carbonyl (C=O) groups excluding carboxylic acids is 3. The van der Waals surface area contributed by atoms with E-state index in [0.717, 1.165) is 23.9 Å². The average molecular weight is 637 g/mol. The van der Waals surface area contributed by atoms with Crippen LogP contribution in [0.3, 0.4) is 0 Å². The van der Waals surface area contributed by atoms with Gasteiger partial charge in [-0.25, -0.2) is 9.59 Å². The van der Waals surface area contributed by atoms with Crippen LogP contribution in [0, 0.1) is 0 Å². The van der Waals surface area contributed by atoms with Crippen LogP contribution in [0.25, 0.3) is 0 Å². The molecular formula is C30H29ClN6O6S. The maximum atomic E-state index is 13.1. The zero-order valence-electron chi connectivity index (χ0n) is 23.7. The highest BCUT2D eigenvalue weighted by Crippen LogP contribution is 2.26. The second kappa shape index (κ2) is 15.8. The predicted octanol–water partition coefficient (Wildman–Crippen LogP) is 3.70. The van der Waals surface area contributed by atoms with E-state index in [4.69, 9.17) is 16.3 Å². The van der Waals surface area contributed by atoms with Gasteiger partial charge in [-0.05, 0) is 58.7 Å². The number of nitrogens with zero attached hydrogens (tertiary/aromatic N) is 5. The van der Waals surface area contributed by atoms with E-state index in [1.807, 2.05) is 29.2 Å². The molecule has 2 aromatic rings. The first-order valence-corrected chi connectivity index (χ1v) is 15.5. The Hall–Kier alpha value is -4.56. The number of aromatic hydroxyl groups is 1. The molecule has 2 heterocycles. The van der Waals surface area contributed by atoms with Crippen LogP contribution in [0.2, 0.25) is 5.02 Å². The molecule has 14 heteroatoms. The number of likely N-dealkylation sites (tertiary alicyclic amines) is 1. The second-order valence-corrected chi connectivity index (χ2v) is 11.3. The summed E-state index contributed by atoms with van der Waals surface area (Å²) in [6.45, 7) is 1.23. The van der Waals surface area contributed by atoms with Crippen molar-refractivity contribution in [1.82, 2.24) is 9.80 Å². The topological polar surface area (TPSA) is 159 Å². The number of piperidine rings is 1. The van der Waals surface area contributed by atoms with Crippen LogP contribution < -0.4 is 5.32 Å². The van der Waals surface area contributed by atoms with E-state index < -0.39 is 29.5 Å². The maximum absolute atomic E-state index is 13.1. The number of amides is 4. The third-order valence-electron chi connectivity index (χ3n) is 6.91. The summed E-state index contributed by atoms with van der Waals surface area (Å²) >= 11 is 4.59. The Morgan fingerprint density at radius 1 is 1.20 bits per heavy atom. The van der Waals surface area contributed by atoms with Crippen molar-refractivity contribution in [2.75, 3.05) is 31.2 Å². The van der Waals surface area contributed by atoms with Crippen molar-refractivity contribution in [3.05, 3.63) is 70.5 Å². The van der Waals surface area contributed by atoms with Crippen LogP contribution in [0.4, 0.5) is 15.3 Å². The highest BCUT2D eigenvalue weighted by molar-refractivity contribution is 7.89. The first-order valence-electron chi connectivity index (χ1n) is 13.6. The van der Waals surface area contributed by atoms with E-state index in [-0.39, 0.29) is 29.3 Å². The lowest BCUT2D eigenvalue weighted by Crippen LogP contribution is -2.50. The molecule has 4 amide bonds. The van der Waals surface area contributed by atoms with Crippen molar-refractivity contribution in [1.29, 1.82) is 0 Å². The van der Waals surface area contributed by atoms with Crippen LogP contribution >= 0.6 is 11.6 Å². The Morgan fingerprint density at radius 3 is 2.73 bits per heavy atom. The van der Waals surface area contributed by atoms with Gasteiger partial charge in [-0.3, -0.25) is 4.79 Å². The Bertz CT molecular complexity index is 1600. The molecule has 2 aliphatic heterocycles. The van der Waals surface area contributed by atoms with Crippen LogP contribution in [-0.4, -0.2) is 93.1 Å². The summed E-state index contributed by atoms with van der Waals surface area (Å²) in [5, 5.41) is 12.8. The molecule has 44 heavy (non-hydrogen) atoms. The minimum absolute atomic E-state index is 0.0562. The number of benzene rings is 2. The first-order chi connectivity index (χ1) is 21.2. The minimum atomic E-state index is -1.43. The number of para-hydroxylation sites is 1. The molecular weight excluding hydrogens is 608 g/mol. The number of nitrogens with one attached hydrogen (secondary N) is 1. The van der Waals surface area contributed by atoms with Crippen molar-refractivity contribution < 1.29 is 28.8 Å². The lowest BCUT2D eigenvalue weighted by molar-refractivity contribution is -0.126. The molecule has 12 nitrogen and oxygen atoms in total. The predicted molar refractivity (Wildman–Crippen MR) is 167 cm³/mol. The van der Waals surface area contributed by atoms with Gasteiger partial charge in [0.2, 0.25) is 0 Å². The smallest absolute Gasteiger partial charge is 0.410 e. The third kappa shape index (κ3) is 9.22. The molecule has 0 spiro atoms. The molecule has 0 bridgehead atoms. The summed E-state index contributed by atoms with van der Waals surface area (Å²) in [6.07, 6.45) is 2.19. The maximum Gasteiger partial charge on any atom is 0.410 e. The number of aliphatic imine (C=N–C) groups is 2. The quantitative estimate of drug-likeness (QED) is 0.268. The number of rotatable bonds is 7. The summed E-state index contributed by atoms with van der Waals surface area (Å²) in [5.41, 5.74) is 4.83. The molecule has 2 aliphatic rings. The molecule has 2 atom stereocenters. The number of phenolic OH excluding ortho intramolecular Hbond substituents is 1. The number of hydrogen-bond acceptors (Lipinski definition) is 8. The number of fused-ring (bicyclic) bond motifs is 1. The molecule has 0 radical (unpaired) electrons. The number of phenols is 1. The van der Waals surface area contributed by atoms with Gasteiger partial charge in [0.05, 0.1) is 17.1 Å². The van der Waals surface area contributed by atoms with E-state index in [1.54, 1.807) is 6.07 Å². The molecule has 2 N–H and O–H groups in total. The van der Waals surface area contributed by atoms with Gasteiger partial charge < -0.3 is 29.5 Å². The van der Waals surface area contributed by atoms with Crippen molar-refractivity contribution >= 4 is 64.3 Å². The van der Waals surface area contributed by atoms with Crippen LogP contribution in [0.15, 0.2) is 68.8 Å². The van der Waals surface area contributed by atoms with E-state index >= 15 is 0 Å². The van der Waals surface area contributed by atoms with Gasteiger partial charge in [-0.15, -0.1) is 0 Å². The summed E-state index contributed by atoms with van der Waals surface area (Å²) in [6, 6.07) is 11.9. The molecule has 0 aromatic heterocycles. The number of anilines is 1. The normalized spacial score (nSPS) is 15.8. The summed E-state index contributed by atoms with van der Waals surface area (Å²) in [5.74, 6) is 5.84. The van der Waals surface area contributed by atoms with Crippen LogP contribution in [-0.2, 0) is 33.7 Å². The van der Waals surface area contributed by atoms with Gasteiger partial charge in [0.25, 0.3) is 5.91 Å². The molecule has 1 unspecified atom stereocenters. The molecule has 1 fully saturated rings. The monoisotopic (exact) mass is 636 g/mol. The molecule has 228 valence electrons. The van der Waals surface area contributed by atoms with Crippen LogP contribution in [0.5, 0.6) is 5.75 Å². The van der Waals surface area contributed by atoms with Gasteiger partial charge in [-0.2, -0.15) is 9.98 Å². The van der Waals surface area contributed by atoms with Crippen LogP contribution in [0.1, 0.15) is 24.0 Å². The fraction of sp³-hybridized carbons (Fsp3) is 0.333. The second-order valence-electron chi connectivity index (χ2n) is 9.81. The van der Waals surface area contributed by atoms with Gasteiger partial charge in [0.15, 0.2) is 6.10 Å². The largest absolute Gasteiger partial charge is 0.591 e. The van der Waals surface area contributed by atoms with Crippen molar-refractivity contribution in [2.24, 2.45) is 14.4 Å². The summed E-state index contributed by atoms with van der Waals surface area (Å²) in [4.78, 5) is 49.6. The highest BCUT2D eigenvalue weighted by Gasteiger charge is 2.33. The fourth-order valence-corrected chi connectivity index (χ4v) is 5.10. The lowest BCUT2D eigenvalue weighted by atomic mass is 10.0. The van der Waals surface area contributed by atoms with Gasteiger partial charge in [-0.1, -0.05) is 35.9 Å². The Balaban J connectivity index is 1.40. The summed E-state index contributed by atoms with van der Waals surface area (Å²) < 4.78 is 19.9. The van der Waals surface area contributed by atoms with Crippen molar-refractivity contribution in [3.63, 3.8) is 0 Å². The Morgan fingerprint density at radius 2 is 1.98 bits per heavy atom. The zero-order chi connectivity index (χ0) is 31.5. The van der Waals surface area contributed by atoms with Crippen molar-refractivity contribution in [3.8, 4) is 5.75 Å². The molecule has 2 aromatic carbocycles. The Labute approximate surface area is 262 Å². The summed E-state index contributed by atoms with van der Waals surface area (Å²) in [7, 11) is 0. The minimum Gasteiger partial charge on any atom is -0.591 e. The van der Waals surface area contributed by atoms with E-state index in [0.29, 0.717) is 38.0 Å².